The number of esters is 2. The van der Waals surface area contributed by atoms with Gasteiger partial charge >= 0.3 is 11.9 Å². The predicted octanol–water partition coefficient (Wildman–Crippen LogP) is 10.7. The van der Waals surface area contributed by atoms with Gasteiger partial charge in [-0.2, -0.15) is 0 Å². The number of methoxy groups -OCH3 is 2. The molecule has 0 aromatic heterocycles. The SMILES string of the molecule is COc1cc(/C=C\C(=O)OCCCCCCCCCCCCCCCCCCCCCCOC(=O)/C=C/c2ccc(O)c(OC)c2)ccc1O. The van der Waals surface area contributed by atoms with E-state index < -0.39 is 0 Å². The number of benzene rings is 2. The summed E-state index contributed by atoms with van der Waals surface area (Å²) in [4.78, 5) is 23.8. The highest BCUT2D eigenvalue weighted by molar-refractivity contribution is 5.87. The van der Waals surface area contributed by atoms with Gasteiger partial charge in [-0.1, -0.05) is 128 Å². The molecule has 2 N–H and O–H groups in total. The van der Waals surface area contributed by atoms with Crippen LogP contribution in [0.5, 0.6) is 23.0 Å². The molecule has 50 heavy (non-hydrogen) atoms. The molecule has 0 heterocycles. The number of unbranched alkanes of at least 4 members (excludes halogenated alkanes) is 19. The Bertz CT molecular complexity index is 1170. The number of phenolic OH excluding ortho intramolecular Hbond substituents is 2. The van der Waals surface area contributed by atoms with E-state index in [9.17, 15) is 19.8 Å². The van der Waals surface area contributed by atoms with Crippen LogP contribution in [0.15, 0.2) is 48.6 Å². The van der Waals surface area contributed by atoms with E-state index in [1.165, 1.54) is 141 Å². The van der Waals surface area contributed by atoms with Crippen molar-refractivity contribution in [3.8, 4) is 23.0 Å². The van der Waals surface area contributed by atoms with Gasteiger partial charge in [0.05, 0.1) is 27.4 Å². The Morgan fingerprint density at radius 3 is 1.04 bits per heavy atom. The van der Waals surface area contributed by atoms with Crippen molar-refractivity contribution in [2.24, 2.45) is 0 Å². The van der Waals surface area contributed by atoms with Gasteiger partial charge in [0.15, 0.2) is 23.0 Å². The summed E-state index contributed by atoms with van der Waals surface area (Å²) >= 11 is 0. The molecule has 8 nitrogen and oxygen atoms in total. The lowest BCUT2D eigenvalue weighted by Crippen LogP contribution is -2.02. The summed E-state index contributed by atoms with van der Waals surface area (Å²) in [6.45, 7) is 0.900. The van der Waals surface area contributed by atoms with Crippen LogP contribution in [0.1, 0.15) is 140 Å². The molecule has 0 amide bonds. The van der Waals surface area contributed by atoms with Crippen LogP contribution in [-0.2, 0) is 19.1 Å². The van der Waals surface area contributed by atoms with Crippen molar-refractivity contribution in [2.75, 3.05) is 27.4 Å². The van der Waals surface area contributed by atoms with E-state index in [1.807, 2.05) is 0 Å². The van der Waals surface area contributed by atoms with Gasteiger partial charge in [-0.3, -0.25) is 0 Å². The van der Waals surface area contributed by atoms with Crippen LogP contribution in [-0.4, -0.2) is 49.6 Å². The Morgan fingerprint density at radius 2 is 0.760 bits per heavy atom. The van der Waals surface area contributed by atoms with Crippen molar-refractivity contribution in [2.45, 2.75) is 128 Å². The summed E-state index contributed by atoms with van der Waals surface area (Å²) in [5, 5.41) is 19.3. The van der Waals surface area contributed by atoms with E-state index >= 15 is 0 Å². The second-order valence-electron chi connectivity index (χ2n) is 12.9. The predicted molar refractivity (Wildman–Crippen MR) is 202 cm³/mol. The Hall–Kier alpha value is -3.94. The molecule has 0 atom stereocenters. The third-order valence-electron chi connectivity index (χ3n) is 8.76. The molecule has 2 aromatic rings. The number of phenols is 2. The van der Waals surface area contributed by atoms with Gasteiger partial charge in [-0.05, 0) is 60.4 Å². The minimum atomic E-state index is -0.351. The lowest BCUT2D eigenvalue weighted by molar-refractivity contribution is -0.138. The molecule has 0 saturated heterocycles. The van der Waals surface area contributed by atoms with E-state index in [2.05, 4.69) is 0 Å². The van der Waals surface area contributed by atoms with Crippen molar-refractivity contribution >= 4 is 24.1 Å². The molecule has 0 saturated carbocycles. The average molecular weight is 695 g/mol. The van der Waals surface area contributed by atoms with Crippen LogP contribution < -0.4 is 9.47 Å². The maximum Gasteiger partial charge on any atom is 0.330 e. The number of aromatic hydroxyl groups is 2. The highest BCUT2D eigenvalue weighted by Gasteiger charge is 2.04. The quantitative estimate of drug-likeness (QED) is 0.0492. The van der Waals surface area contributed by atoms with Crippen molar-refractivity contribution < 1.29 is 38.7 Å². The first-order chi connectivity index (χ1) is 24.4. The highest BCUT2D eigenvalue weighted by atomic mass is 16.5. The van der Waals surface area contributed by atoms with E-state index in [4.69, 9.17) is 18.9 Å². The molecule has 0 unspecified atom stereocenters. The number of ether oxygens (including phenoxy) is 4. The summed E-state index contributed by atoms with van der Waals surface area (Å²) in [6, 6.07) is 9.84. The standard InChI is InChI=1S/C42H62O8/c1-47-39-33-35(23-27-37(39)43)25-29-41(45)49-31-21-19-17-15-13-11-9-7-5-3-4-6-8-10-12-14-16-18-20-22-32-50-42(46)30-26-36-24-28-38(44)40(34-36)48-2/h23-30,33-34,43-44H,3-22,31-32H2,1-2H3/b29-25-,30-26+. The smallest absolute Gasteiger partial charge is 0.330 e. The normalized spacial score (nSPS) is 11.3. The molecule has 0 aliphatic heterocycles. The minimum absolute atomic E-state index is 0.0684. The Labute approximate surface area is 300 Å². The molecular formula is C42H62O8. The zero-order valence-electron chi connectivity index (χ0n) is 30.7. The van der Waals surface area contributed by atoms with Crippen molar-refractivity contribution in [1.29, 1.82) is 0 Å². The van der Waals surface area contributed by atoms with E-state index in [0.717, 1.165) is 36.8 Å². The largest absolute Gasteiger partial charge is 0.504 e. The number of carbonyl (C=O) groups excluding carboxylic acids is 2. The molecule has 2 rings (SSSR count). The first kappa shape index (κ1) is 42.2. The van der Waals surface area contributed by atoms with Gasteiger partial charge in [-0.15, -0.1) is 0 Å². The fourth-order valence-corrected chi connectivity index (χ4v) is 5.75. The fourth-order valence-electron chi connectivity index (χ4n) is 5.75. The second kappa shape index (κ2) is 27.8. The first-order valence-corrected chi connectivity index (χ1v) is 18.9. The van der Waals surface area contributed by atoms with Crippen LogP contribution in [0.4, 0.5) is 0 Å². The topological polar surface area (TPSA) is 112 Å². The highest BCUT2D eigenvalue weighted by Crippen LogP contribution is 2.27. The second-order valence-corrected chi connectivity index (χ2v) is 12.9. The molecule has 0 aliphatic rings. The summed E-state index contributed by atoms with van der Waals surface area (Å²) in [6.07, 6.45) is 31.1. The summed E-state index contributed by atoms with van der Waals surface area (Å²) in [7, 11) is 2.98. The molecule has 0 fully saturated rings. The van der Waals surface area contributed by atoms with Crippen LogP contribution in [0, 0.1) is 0 Å². The Morgan fingerprint density at radius 1 is 0.480 bits per heavy atom. The zero-order valence-corrected chi connectivity index (χ0v) is 30.7. The van der Waals surface area contributed by atoms with Gasteiger partial charge in [0.2, 0.25) is 0 Å². The Balaban J connectivity index is 1.26. The fraction of sp³-hybridized carbons (Fsp3) is 0.571. The maximum absolute atomic E-state index is 11.9. The van der Waals surface area contributed by atoms with E-state index in [0.29, 0.717) is 24.7 Å². The first-order valence-electron chi connectivity index (χ1n) is 18.9. The van der Waals surface area contributed by atoms with Gasteiger partial charge in [0.1, 0.15) is 0 Å². The number of carbonyl (C=O) groups is 2. The third-order valence-corrected chi connectivity index (χ3v) is 8.76. The van der Waals surface area contributed by atoms with E-state index in [-0.39, 0.29) is 23.4 Å². The van der Waals surface area contributed by atoms with Crippen LogP contribution in [0.3, 0.4) is 0 Å². The molecule has 0 spiro atoms. The molecule has 0 aliphatic carbocycles. The molecule has 8 heteroatoms. The lowest BCUT2D eigenvalue weighted by atomic mass is 10.0. The molecule has 278 valence electrons. The monoisotopic (exact) mass is 694 g/mol. The van der Waals surface area contributed by atoms with Crippen molar-refractivity contribution in [3.63, 3.8) is 0 Å². The van der Waals surface area contributed by atoms with Gasteiger partial charge in [0, 0.05) is 12.2 Å². The molecule has 0 radical (unpaired) electrons. The van der Waals surface area contributed by atoms with Gasteiger partial charge < -0.3 is 29.2 Å². The average Bonchev–Trinajstić information content (AvgIpc) is 3.12. The number of hydrogen-bond donors (Lipinski definition) is 2. The summed E-state index contributed by atoms with van der Waals surface area (Å²) < 4.78 is 20.7. The van der Waals surface area contributed by atoms with E-state index in [1.54, 1.807) is 36.4 Å². The third kappa shape index (κ3) is 20.5. The summed E-state index contributed by atoms with van der Waals surface area (Å²) in [5.74, 6) is 0.178. The minimum Gasteiger partial charge on any atom is -0.504 e. The maximum atomic E-state index is 11.9. The zero-order chi connectivity index (χ0) is 36.1. The molecule has 2 aromatic carbocycles. The van der Waals surface area contributed by atoms with Gasteiger partial charge in [0.25, 0.3) is 0 Å². The van der Waals surface area contributed by atoms with Gasteiger partial charge in [-0.25, -0.2) is 9.59 Å². The number of hydrogen-bond acceptors (Lipinski definition) is 8. The van der Waals surface area contributed by atoms with Crippen LogP contribution >= 0.6 is 0 Å². The lowest BCUT2D eigenvalue weighted by Gasteiger charge is -2.05. The van der Waals surface area contributed by atoms with Crippen molar-refractivity contribution in [1.82, 2.24) is 0 Å². The Kier molecular flexibility index (Phi) is 23.5. The molecule has 0 bridgehead atoms. The van der Waals surface area contributed by atoms with Crippen molar-refractivity contribution in [3.05, 3.63) is 59.7 Å². The van der Waals surface area contributed by atoms with Crippen LogP contribution in [0.25, 0.3) is 12.2 Å². The van der Waals surface area contributed by atoms with Crippen LogP contribution in [0.2, 0.25) is 0 Å². The summed E-state index contributed by atoms with van der Waals surface area (Å²) in [5.41, 5.74) is 1.53. The number of rotatable bonds is 29. The molecular weight excluding hydrogens is 632 g/mol.